The van der Waals surface area contributed by atoms with Gasteiger partial charge in [-0.15, -0.1) is 0 Å². The molecule has 0 bridgehead atoms. The van der Waals surface area contributed by atoms with Gasteiger partial charge < -0.3 is 11.5 Å². The van der Waals surface area contributed by atoms with Crippen LogP contribution >= 0.6 is 0 Å². The lowest BCUT2D eigenvalue weighted by Crippen LogP contribution is -2.28. The molecule has 0 spiro atoms. The van der Waals surface area contributed by atoms with Crippen molar-refractivity contribution in [1.29, 1.82) is 0 Å². The zero-order valence-electron chi connectivity index (χ0n) is 6.68. The van der Waals surface area contributed by atoms with Crippen molar-refractivity contribution < 1.29 is 13.2 Å². The molecule has 1 aromatic carbocycles. The molecule has 1 rings (SSSR count). The maximum atomic E-state index is 12.1. The van der Waals surface area contributed by atoms with Crippen LogP contribution < -0.4 is 11.5 Å². The summed E-state index contributed by atoms with van der Waals surface area (Å²) in [5.74, 6) is 0. The average molecular weight is 190 g/mol. The number of halogens is 3. The van der Waals surface area contributed by atoms with E-state index < -0.39 is 12.2 Å². The van der Waals surface area contributed by atoms with Gasteiger partial charge in [-0.05, 0) is 17.7 Å². The number of hydrogen-bond donors (Lipinski definition) is 2. The molecular formula is C8H9F3N2. The van der Waals surface area contributed by atoms with Crippen molar-refractivity contribution >= 4 is 5.69 Å². The maximum Gasteiger partial charge on any atom is 0.407 e. The Hall–Kier alpha value is -1.23. The number of benzene rings is 1. The Morgan fingerprint density at radius 1 is 1.23 bits per heavy atom. The van der Waals surface area contributed by atoms with Crippen LogP contribution in [0.2, 0.25) is 0 Å². The molecule has 0 saturated heterocycles. The second kappa shape index (κ2) is 3.26. The third kappa shape index (κ3) is 2.35. The van der Waals surface area contributed by atoms with Gasteiger partial charge in [0.15, 0.2) is 0 Å². The van der Waals surface area contributed by atoms with Gasteiger partial charge in [0.25, 0.3) is 0 Å². The molecule has 0 fully saturated rings. The lowest BCUT2D eigenvalue weighted by Gasteiger charge is -2.15. The molecule has 2 nitrogen and oxygen atoms in total. The number of hydrogen-bond acceptors (Lipinski definition) is 2. The molecule has 0 heterocycles. The van der Waals surface area contributed by atoms with E-state index in [9.17, 15) is 13.2 Å². The predicted molar refractivity (Wildman–Crippen MR) is 43.8 cm³/mol. The minimum absolute atomic E-state index is 0.0208. The molecule has 1 atom stereocenters. The largest absolute Gasteiger partial charge is 0.407 e. The SMILES string of the molecule is Nc1cccc(C(N)C(F)(F)F)c1. The van der Waals surface area contributed by atoms with Crippen molar-refractivity contribution in [1.82, 2.24) is 0 Å². The number of anilines is 1. The fourth-order valence-corrected chi connectivity index (χ4v) is 0.941. The van der Waals surface area contributed by atoms with Gasteiger partial charge in [-0.1, -0.05) is 12.1 Å². The highest BCUT2D eigenvalue weighted by atomic mass is 19.4. The normalized spacial score (nSPS) is 14.2. The van der Waals surface area contributed by atoms with Crippen molar-refractivity contribution in [2.24, 2.45) is 5.73 Å². The molecule has 72 valence electrons. The van der Waals surface area contributed by atoms with Gasteiger partial charge in [0.1, 0.15) is 6.04 Å². The molecule has 0 radical (unpaired) electrons. The van der Waals surface area contributed by atoms with Crippen molar-refractivity contribution in [3.63, 3.8) is 0 Å². The van der Waals surface area contributed by atoms with Gasteiger partial charge in [-0.3, -0.25) is 0 Å². The fraction of sp³-hybridized carbons (Fsp3) is 0.250. The molecule has 13 heavy (non-hydrogen) atoms. The first-order valence-corrected chi connectivity index (χ1v) is 3.59. The molecule has 0 aliphatic rings. The zero-order chi connectivity index (χ0) is 10.1. The maximum absolute atomic E-state index is 12.1. The van der Waals surface area contributed by atoms with Crippen LogP contribution in [-0.4, -0.2) is 6.18 Å². The van der Waals surface area contributed by atoms with E-state index in [1.807, 2.05) is 0 Å². The van der Waals surface area contributed by atoms with Crippen LogP contribution in [-0.2, 0) is 0 Å². The van der Waals surface area contributed by atoms with Crippen LogP contribution in [0.5, 0.6) is 0 Å². The summed E-state index contributed by atoms with van der Waals surface area (Å²) < 4.78 is 36.3. The van der Waals surface area contributed by atoms with Crippen LogP contribution in [0.25, 0.3) is 0 Å². The lowest BCUT2D eigenvalue weighted by atomic mass is 10.1. The monoisotopic (exact) mass is 190 g/mol. The molecule has 0 aliphatic heterocycles. The Labute approximate surface area is 73.3 Å². The molecular weight excluding hydrogens is 181 g/mol. The van der Waals surface area contributed by atoms with Crippen molar-refractivity contribution in [3.8, 4) is 0 Å². The summed E-state index contributed by atoms with van der Waals surface area (Å²) in [5, 5.41) is 0. The second-order valence-electron chi connectivity index (χ2n) is 2.69. The molecule has 0 amide bonds. The third-order valence-corrected chi connectivity index (χ3v) is 1.62. The van der Waals surface area contributed by atoms with E-state index in [0.717, 1.165) is 0 Å². The molecule has 1 unspecified atom stereocenters. The average Bonchev–Trinajstić information content (AvgIpc) is 2.01. The number of rotatable bonds is 1. The molecule has 0 aliphatic carbocycles. The lowest BCUT2D eigenvalue weighted by molar-refractivity contribution is -0.149. The van der Waals surface area contributed by atoms with E-state index in [-0.39, 0.29) is 11.3 Å². The smallest absolute Gasteiger partial charge is 0.399 e. The summed E-state index contributed by atoms with van der Waals surface area (Å²) in [7, 11) is 0. The Morgan fingerprint density at radius 2 is 1.85 bits per heavy atom. The summed E-state index contributed by atoms with van der Waals surface area (Å²) in [4.78, 5) is 0. The Bertz CT molecular complexity index is 296. The molecule has 5 heteroatoms. The highest BCUT2D eigenvalue weighted by Gasteiger charge is 2.37. The highest BCUT2D eigenvalue weighted by Crippen LogP contribution is 2.30. The van der Waals surface area contributed by atoms with E-state index >= 15 is 0 Å². The standard InChI is InChI=1S/C8H9F3N2/c9-8(10,11)7(13)5-2-1-3-6(12)4-5/h1-4,7H,12-13H2. The van der Waals surface area contributed by atoms with Crippen LogP contribution in [0.1, 0.15) is 11.6 Å². The van der Waals surface area contributed by atoms with Crippen molar-refractivity contribution in [3.05, 3.63) is 29.8 Å². The van der Waals surface area contributed by atoms with Gasteiger partial charge in [-0.25, -0.2) is 0 Å². The molecule has 0 aromatic heterocycles. The minimum atomic E-state index is -4.42. The topological polar surface area (TPSA) is 52.0 Å². The van der Waals surface area contributed by atoms with E-state index in [1.54, 1.807) is 0 Å². The highest BCUT2D eigenvalue weighted by molar-refractivity contribution is 5.41. The predicted octanol–water partition coefficient (Wildman–Crippen LogP) is 1.83. The van der Waals surface area contributed by atoms with Crippen LogP contribution in [0.15, 0.2) is 24.3 Å². The summed E-state index contributed by atoms with van der Waals surface area (Å²) in [6, 6.07) is 3.51. The minimum Gasteiger partial charge on any atom is -0.399 e. The zero-order valence-corrected chi connectivity index (χ0v) is 6.68. The van der Waals surface area contributed by atoms with Crippen LogP contribution in [0.4, 0.5) is 18.9 Å². The second-order valence-corrected chi connectivity index (χ2v) is 2.69. The van der Waals surface area contributed by atoms with E-state index in [2.05, 4.69) is 0 Å². The molecule has 4 N–H and O–H groups in total. The Morgan fingerprint density at radius 3 is 2.31 bits per heavy atom. The summed E-state index contributed by atoms with van der Waals surface area (Å²) >= 11 is 0. The van der Waals surface area contributed by atoms with E-state index in [0.29, 0.717) is 0 Å². The van der Waals surface area contributed by atoms with Crippen molar-refractivity contribution in [2.75, 3.05) is 5.73 Å². The summed E-state index contributed by atoms with van der Waals surface area (Å²) in [5.41, 5.74) is 10.5. The van der Waals surface area contributed by atoms with Crippen molar-refractivity contribution in [2.45, 2.75) is 12.2 Å². The van der Waals surface area contributed by atoms with Gasteiger partial charge in [0.2, 0.25) is 0 Å². The first kappa shape index (κ1) is 9.85. The molecule has 1 aromatic rings. The Kier molecular flexibility index (Phi) is 2.47. The quantitative estimate of drug-likeness (QED) is 0.664. The van der Waals surface area contributed by atoms with Crippen LogP contribution in [0.3, 0.4) is 0 Å². The summed E-state index contributed by atoms with van der Waals surface area (Å²) in [6.45, 7) is 0. The van der Waals surface area contributed by atoms with Gasteiger partial charge >= 0.3 is 6.18 Å². The van der Waals surface area contributed by atoms with Gasteiger partial charge in [0, 0.05) is 5.69 Å². The fourth-order valence-electron chi connectivity index (χ4n) is 0.941. The van der Waals surface area contributed by atoms with E-state index in [1.165, 1.54) is 24.3 Å². The third-order valence-electron chi connectivity index (χ3n) is 1.62. The van der Waals surface area contributed by atoms with E-state index in [4.69, 9.17) is 11.5 Å². The van der Waals surface area contributed by atoms with Gasteiger partial charge in [-0.2, -0.15) is 13.2 Å². The van der Waals surface area contributed by atoms with Gasteiger partial charge in [0.05, 0.1) is 0 Å². The number of alkyl halides is 3. The summed E-state index contributed by atoms with van der Waals surface area (Å²) in [6.07, 6.45) is -4.42. The number of nitrogens with two attached hydrogens (primary N) is 2. The Balaban J connectivity index is 2.96. The molecule has 0 saturated carbocycles. The van der Waals surface area contributed by atoms with Crippen LogP contribution in [0, 0.1) is 0 Å². The number of nitrogen functional groups attached to an aromatic ring is 1. The first-order chi connectivity index (χ1) is 5.91. The first-order valence-electron chi connectivity index (χ1n) is 3.59.